The lowest BCUT2D eigenvalue weighted by molar-refractivity contribution is 0.199. The number of benzene rings is 1. The predicted molar refractivity (Wildman–Crippen MR) is 60.5 cm³/mol. The molecule has 0 aliphatic heterocycles. The normalized spacial score (nSPS) is 11.4. The molecule has 88 valence electrons. The Balaban J connectivity index is 3.05. The summed E-state index contributed by atoms with van der Waals surface area (Å²) in [6.07, 6.45) is -0.751. The van der Waals surface area contributed by atoms with Crippen LogP contribution in [-0.4, -0.2) is 18.2 Å². The van der Waals surface area contributed by atoms with Crippen molar-refractivity contribution in [3.8, 4) is 12.1 Å². The number of hydrogen-bond donors (Lipinski definition) is 1. The van der Waals surface area contributed by atoms with Crippen LogP contribution >= 0.6 is 0 Å². The first-order chi connectivity index (χ1) is 8.10. The van der Waals surface area contributed by atoms with Gasteiger partial charge in [0.1, 0.15) is 18.9 Å². The fourth-order valence-electron chi connectivity index (χ4n) is 1.44. The average Bonchev–Trinajstić information content (AvgIpc) is 2.28. The summed E-state index contributed by atoms with van der Waals surface area (Å²) < 4.78 is 13.7. The van der Waals surface area contributed by atoms with Crippen LogP contribution in [0.5, 0.6) is 0 Å². The van der Waals surface area contributed by atoms with Gasteiger partial charge in [0.15, 0.2) is 0 Å². The van der Waals surface area contributed by atoms with Crippen molar-refractivity contribution in [3.63, 3.8) is 0 Å². The van der Waals surface area contributed by atoms with Crippen LogP contribution < -0.4 is 4.90 Å². The zero-order valence-corrected chi connectivity index (χ0v) is 9.39. The molecule has 4 nitrogen and oxygen atoms in total. The topological polar surface area (TPSA) is 71.0 Å². The molecule has 0 radical (unpaired) electrons. The first kappa shape index (κ1) is 13.0. The molecule has 1 N–H and O–H groups in total. The maximum absolute atomic E-state index is 13.7. The SMILES string of the molecule is C[C@@H](O)c1ccc(N(CC#N)CC#N)c(F)c1. The van der Waals surface area contributed by atoms with Gasteiger partial charge in [0.25, 0.3) is 0 Å². The molecular weight excluding hydrogens is 221 g/mol. The van der Waals surface area contributed by atoms with Crippen LogP contribution in [0.15, 0.2) is 18.2 Å². The molecule has 0 spiro atoms. The summed E-state index contributed by atoms with van der Waals surface area (Å²) >= 11 is 0. The number of aliphatic hydroxyl groups excluding tert-OH is 1. The first-order valence-electron chi connectivity index (χ1n) is 5.06. The summed E-state index contributed by atoms with van der Waals surface area (Å²) in [7, 11) is 0. The summed E-state index contributed by atoms with van der Waals surface area (Å²) in [5, 5.41) is 26.5. The van der Waals surface area contributed by atoms with Gasteiger partial charge in [-0.3, -0.25) is 0 Å². The summed E-state index contributed by atoms with van der Waals surface area (Å²) in [6, 6.07) is 8.00. The fourth-order valence-corrected chi connectivity index (χ4v) is 1.44. The van der Waals surface area contributed by atoms with Crippen molar-refractivity contribution in [2.75, 3.05) is 18.0 Å². The molecule has 0 saturated heterocycles. The van der Waals surface area contributed by atoms with Gasteiger partial charge in [-0.05, 0) is 24.6 Å². The van der Waals surface area contributed by atoms with E-state index >= 15 is 0 Å². The number of anilines is 1. The highest BCUT2D eigenvalue weighted by Crippen LogP contribution is 2.23. The molecule has 1 atom stereocenters. The Bertz CT molecular complexity index is 458. The average molecular weight is 233 g/mol. The monoisotopic (exact) mass is 233 g/mol. The van der Waals surface area contributed by atoms with Crippen molar-refractivity contribution in [1.29, 1.82) is 10.5 Å². The minimum Gasteiger partial charge on any atom is -0.389 e. The predicted octanol–water partition coefficient (Wildman–Crippen LogP) is 1.73. The van der Waals surface area contributed by atoms with E-state index in [1.54, 1.807) is 6.07 Å². The Labute approximate surface area is 99.1 Å². The fraction of sp³-hybridized carbons (Fsp3) is 0.333. The molecule has 0 aliphatic rings. The van der Waals surface area contributed by atoms with Gasteiger partial charge >= 0.3 is 0 Å². The van der Waals surface area contributed by atoms with E-state index in [0.29, 0.717) is 5.56 Å². The molecule has 0 aromatic heterocycles. The number of rotatable bonds is 4. The molecule has 17 heavy (non-hydrogen) atoms. The summed E-state index contributed by atoms with van der Waals surface area (Å²) in [5.41, 5.74) is 0.651. The summed E-state index contributed by atoms with van der Waals surface area (Å²) in [5.74, 6) is -0.547. The van der Waals surface area contributed by atoms with Gasteiger partial charge in [0.2, 0.25) is 0 Å². The third-order valence-electron chi connectivity index (χ3n) is 2.32. The smallest absolute Gasteiger partial charge is 0.146 e. The molecule has 0 aliphatic carbocycles. The second-order valence-electron chi connectivity index (χ2n) is 3.56. The van der Waals surface area contributed by atoms with Crippen molar-refractivity contribution in [3.05, 3.63) is 29.6 Å². The molecular formula is C12H12FN3O. The molecule has 1 aromatic rings. The Morgan fingerprint density at radius 2 is 1.94 bits per heavy atom. The standard InChI is InChI=1S/C12H12FN3O/c1-9(17)10-2-3-12(11(13)8-10)16(6-4-14)7-5-15/h2-3,8-9,17H,6-7H2,1H3/t9-/m1/s1. The van der Waals surface area contributed by atoms with Gasteiger partial charge in [-0.2, -0.15) is 10.5 Å². The largest absolute Gasteiger partial charge is 0.389 e. The third-order valence-corrected chi connectivity index (χ3v) is 2.32. The van der Waals surface area contributed by atoms with E-state index in [1.165, 1.54) is 24.0 Å². The molecule has 0 bridgehead atoms. The van der Waals surface area contributed by atoms with Gasteiger partial charge in [-0.25, -0.2) is 4.39 Å². The van der Waals surface area contributed by atoms with Crippen molar-refractivity contribution in [2.45, 2.75) is 13.0 Å². The number of hydrogen-bond acceptors (Lipinski definition) is 4. The Morgan fingerprint density at radius 1 is 1.35 bits per heavy atom. The third kappa shape index (κ3) is 3.17. The molecule has 1 aromatic carbocycles. The highest BCUT2D eigenvalue weighted by Gasteiger charge is 2.12. The molecule has 0 fully saturated rings. The highest BCUT2D eigenvalue weighted by atomic mass is 19.1. The summed E-state index contributed by atoms with van der Waals surface area (Å²) in [4.78, 5) is 1.33. The van der Waals surface area contributed by atoms with Crippen LogP contribution in [-0.2, 0) is 0 Å². The van der Waals surface area contributed by atoms with Crippen molar-refractivity contribution < 1.29 is 9.50 Å². The van der Waals surface area contributed by atoms with E-state index in [2.05, 4.69) is 0 Å². The molecule has 5 heteroatoms. The minimum atomic E-state index is -0.751. The number of nitrogens with zero attached hydrogens (tertiary/aromatic N) is 3. The minimum absolute atomic E-state index is 0.0570. The lowest BCUT2D eigenvalue weighted by atomic mass is 10.1. The zero-order chi connectivity index (χ0) is 12.8. The van der Waals surface area contributed by atoms with E-state index in [-0.39, 0.29) is 18.8 Å². The van der Waals surface area contributed by atoms with E-state index in [1.807, 2.05) is 12.1 Å². The second kappa shape index (κ2) is 5.83. The van der Waals surface area contributed by atoms with Crippen molar-refractivity contribution in [2.24, 2.45) is 0 Å². The van der Waals surface area contributed by atoms with Crippen LogP contribution in [0.25, 0.3) is 0 Å². The summed E-state index contributed by atoms with van der Waals surface area (Å²) in [6.45, 7) is 1.42. The first-order valence-corrected chi connectivity index (χ1v) is 5.06. The van der Waals surface area contributed by atoms with E-state index in [0.717, 1.165) is 0 Å². The van der Waals surface area contributed by atoms with E-state index < -0.39 is 11.9 Å². The van der Waals surface area contributed by atoms with Crippen molar-refractivity contribution in [1.82, 2.24) is 0 Å². The second-order valence-corrected chi connectivity index (χ2v) is 3.56. The van der Waals surface area contributed by atoms with Gasteiger partial charge in [-0.1, -0.05) is 6.07 Å². The molecule has 0 heterocycles. The van der Waals surface area contributed by atoms with Crippen LogP contribution in [0, 0.1) is 28.5 Å². The van der Waals surface area contributed by atoms with E-state index in [4.69, 9.17) is 10.5 Å². The molecule has 0 unspecified atom stereocenters. The number of aliphatic hydroxyl groups is 1. The van der Waals surface area contributed by atoms with Gasteiger partial charge in [0, 0.05) is 0 Å². The van der Waals surface area contributed by atoms with Crippen LogP contribution in [0.4, 0.5) is 10.1 Å². The van der Waals surface area contributed by atoms with Crippen LogP contribution in [0.1, 0.15) is 18.6 Å². The van der Waals surface area contributed by atoms with Crippen LogP contribution in [0.2, 0.25) is 0 Å². The van der Waals surface area contributed by atoms with E-state index in [9.17, 15) is 9.50 Å². The lowest BCUT2D eigenvalue weighted by Gasteiger charge is -2.19. The highest BCUT2D eigenvalue weighted by molar-refractivity contribution is 5.51. The molecule has 0 saturated carbocycles. The molecule has 0 amide bonds. The van der Waals surface area contributed by atoms with Crippen LogP contribution in [0.3, 0.4) is 0 Å². The Morgan fingerprint density at radius 3 is 2.35 bits per heavy atom. The quantitative estimate of drug-likeness (QED) is 0.804. The number of nitriles is 2. The Hall–Kier alpha value is -2.11. The lowest BCUT2D eigenvalue weighted by Crippen LogP contribution is -2.24. The zero-order valence-electron chi connectivity index (χ0n) is 9.39. The maximum Gasteiger partial charge on any atom is 0.146 e. The van der Waals surface area contributed by atoms with Gasteiger partial charge in [0.05, 0.1) is 23.9 Å². The Kier molecular flexibility index (Phi) is 4.45. The van der Waals surface area contributed by atoms with Crippen molar-refractivity contribution >= 4 is 5.69 Å². The number of halogens is 1. The van der Waals surface area contributed by atoms with Gasteiger partial charge in [-0.15, -0.1) is 0 Å². The maximum atomic E-state index is 13.7. The molecule has 1 rings (SSSR count). The van der Waals surface area contributed by atoms with Gasteiger partial charge < -0.3 is 10.0 Å².